The number of rotatable bonds is 5. The fourth-order valence-electron chi connectivity index (χ4n) is 1.89. The van der Waals surface area contributed by atoms with Gasteiger partial charge in [0.05, 0.1) is 25.0 Å². The first-order valence-corrected chi connectivity index (χ1v) is 6.20. The molecule has 0 aliphatic heterocycles. The van der Waals surface area contributed by atoms with Crippen LogP contribution in [0.4, 0.5) is 0 Å². The number of nitrogen functional groups attached to an aromatic ring is 1. The number of amides is 1. The summed E-state index contributed by atoms with van der Waals surface area (Å²) >= 11 is 0. The Bertz CT molecular complexity index is 583. The summed E-state index contributed by atoms with van der Waals surface area (Å²) in [5.41, 5.74) is 3.40. The molecule has 2 aromatic rings. The summed E-state index contributed by atoms with van der Waals surface area (Å²) in [6.07, 6.45) is 6.03. The Hall–Kier alpha value is -2.22. The normalized spacial score (nSPS) is 14.6. The van der Waals surface area contributed by atoms with E-state index in [0.717, 1.165) is 0 Å². The average Bonchev–Trinajstić information content (AvgIpc) is 3.00. The lowest BCUT2D eigenvalue weighted by Gasteiger charge is -2.00. The van der Waals surface area contributed by atoms with Crippen molar-refractivity contribution in [1.82, 2.24) is 30.2 Å². The molecule has 3 N–H and O–H groups in total. The largest absolute Gasteiger partial charge is 0.289 e. The van der Waals surface area contributed by atoms with E-state index in [4.69, 9.17) is 5.84 Å². The van der Waals surface area contributed by atoms with Gasteiger partial charge in [-0.25, -0.2) is 10.5 Å². The van der Waals surface area contributed by atoms with Crippen molar-refractivity contribution in [3.63, 3.8) is 0 Å². The third kappa shape index (κ3) is 2.63. The van der Waals surface area contributed by atoms with E-state index in [1.54, 1.807) is 10.9 Å². The van der Waals surface area contributed by atoms with Gasteiger partial charge in [-0.3, -0.25) is 14.9 Å². The van der Waals surface area contributed by atoms with E-state index in [2.05, 4.69) is 21.5 Å². The Balaban J connectivity index is 1.58. The molecule has 2 heterocycles. The maximum atomic E-state index is 11.2. The van der Waals surface area contributed by atoms with Gasteiger partial charge in [-0.05, 0) is 18.9 Å². The Labute approximate surface area is 109 Å². The van der Waals surface area contributed by atoms with Crippen molar-refractivity contribution in [2.75, 3.05) is 0 Å². The second-order valence-electron chi connectivity index (χ2n) is 4.62. The van der Waals surface area contributed by atoms with Crippen molar-refractivity contribution >= 4 is 5.91 Å². The first kappa shape index (κ1) is 11.8. The molecule has 100 valence electrons. The van der Waals surface area contributed by atoms with Crippen LogP contribution in [0.15, 0.2) is 18.5 Å². The number of nitrogens with two attached hydrogens (primary N) is 1. The molecule has 19 heavy (non-hydrogen) atoms. The SMILES string of the molecule is NNC(=O)c1cn(CCn2ccc(C3CC3)n2)nn1. The summed E-state index contributed by atoms with van der Waals surface area (Å²) in [5.74, 6) is 5.24. The van der Waals surface area contributed by atoms with Gasteiger partial charge >= 0.3 is 0 Å². The highest BCUT2D eigenvalue weighted by molar-refractivity contribution is 5.91. The van der Waals surface area contributed by atoms with Crippen molar-refractivity contribution in [3.05, 3.63) is 29.8 Å². The van der Waals surface area contributed by atoms with Crippen LogP contribution in [0.1, 0.15) is 34.9 Å². The molecule has 0 radical (unpaired) electrons. The minimum Gasteiger partial charge on any atom is -0.289 e. The van der Waals surface area contributed by atoms with Gasteiger partial charge in [0, 0.05) is 12.1 Å². The molecule has 8 nitrogen and oxygen atoms in total. The van der Waals surface area contributed by atoms with Crippen LogP contribution < -0.4 is 11.3 Å². The number of nitrogens with zero attached hydrogens (tertiary/aromatic N) is 5. The van der Waals surface area contributed by atoms with Crippen LogP contribution >= 0.6 is 0 Å². The first-order valence-electron chi connectivity index (χ1n) is 6.20. The first-order chi connectivity index (χ1) is 9.26. The predicted molar refractivity (Wildman–Crippen MR) is 65.9 cm³/mol. The minimum absolute atomic E-state index is 0.210. The van der Waals surface area contributed by atoms with Gasteiger partial charge in [0.15, 0.2) is 5.69 Å². The average molecular weight is 261 g/mol. The summed E-state index contributed by atoms with van der Waals surface area (Å²) in [7, 11) is 0. The van der Waals surface area contributed by atoms with Crippen molar-refractivity contribution < 1.29 is 4.79 Å². The quantitative estimate of drug-likeness (QED) is 0.435. The van der Waals surface area contributed by atoms with Crippen molar-refractivity contribution in [1.29, 1.82) is 0 Å². The lowest BCUT2D eigenvalue weighted by atomic mass is 10.3. The summed E-state index contributed by atoms with van der Waals surface area (Å²) < 4.78 is 3.49. The summed E-state index contributed by atoms with van der Waals surface area (Å²) in [6.45, 7) is 1.30. The molecule has 0 spiro atoms. The molecular weight excluding hydrogens is 246 g/mol. The van der Waals surface area contributed by atoms with E-state index >= 15 is 0 Å². The van der Waals surface area contributed by atoms with Gasteiger partial charge in [0.1, 0.15) is 0 Å². The second-order valence-corrected chi connectivity index (χ2v) is 4.62. The number of hydrogen-bond acceptors (Lipinski definition) is 5. The van der Waals surface area contributed by atoms with Crippen LogP contribution in [-0.4, -0.2) is 30.7 Å². The Kier molecular flexibility index (Phi) is 3.00. The number of carbonyl (C=O) groups excluding carboxylic acids is 1. The maximum Gasteiger partial charge on any atom is 0.287 e. The number of aryl methyl sites for hydroxylation is 2. The molecule has 0 bridgehead atoms. The molecule has 0 aromatic carbocycles. The molecule has 1 aliphatic carbocycles. The zero-order chi connectivity index (χ0) is 13.2. The molecule has 0 unspecified atom stereocenters. The molecule has 1 amide bonds. The predicted octanol–water partition coefficient (Wildman–Crippen LogP) is -0.344. The van der Waals surface area contributed by atoms with Crippen LogP contribution in [0.25, 0.3) is 0 Å². The zero-order valence-corrected chi connectivity index (χ0v) is 10.4. The fourth-order valence-corrected chi connectivity index (χ4v) is 1.89. The number of hydrogen-bond donors (Lipinski definition) is 2. The second kappa shape index (κ2) is 4.81. The van der Waals surface area contributed by atoms with E-state index < -0.39 is 5.91 Å². The lowest BCUT2D eigenvalue weighted by Crippen LogP contribution is -2.30. The number of nitrogens with one attached hydrogen (secondary N) is 1. The van der Waals surface area contributed by atoms with E-state index in [9.17, 15) is 4.79 Å². The summed E-state index contributed by atoms with van der Waals surface area (Å²) in [6, 6.07) is 2.06. The highest BCUT2D eigenvalue weighted by Crippen LogP contribution is 2.38. The van der Waals surface area contributed by atoms with Gasteiger partial charge < -0.3 is 0 Å². The number of aromatic nitrogens is 5. The monoisotopic (exact) mass is 261 g/mol. The van der Waals surface area contributed by atoms with Gasteiger partial charge in [0.25, 0.3) is 5.91 Å². The molecule has 1 fully saturated rings. The van der Waals surface area contributed by atoms with Gasteiger partial charge in [0.2, 0.25) is 0 Å². The Morgan fingerprint density at radius 2 is 2.21 bits per heavy atom. The highest BCUT2D eigenvalue weighted by atomic mass is 16.2. The molecule has 0 saturated heterocycles. The Morgan fingerprint density at radius 3 is 2.95 bits per heavy atom. The van der Waals surface area contributed by atoms with Crippen LogP contribution in [-0.2, 0) is 13.1 Å². The van der Waals surface area contributed by atoms with E-state index in [1.165, 1.54) is 18.5 Å². The standard InChI is InChI=1S/C11H15N7O/c12-13-11(19)10-7-18(16-14-10)6-5-17-4-3-9(15-17)8-1-2-8/h3-4,7-8H,1-2,5-6,12H2,(H,13,19). The van der Waals surface area contributed by atoms with Crippen LogP contribution in [0.3, 0.4) is 0 Å². The van der Waals surface area contributed by atoms with Crippen molar-refractivity contribution in [2.24, 2.45) is 5.84 Å². The third-order valence-electron chi connectivity index (χ3n) is 3.12. The zero-order valence-electron chi connectivity index (χ0n) is 10.4. The van der Waals surface area contributed by atoms with Gasteiger partial charge in [-0.2, -0.15) is 5.10 Å². The molecule has 8 heteroatoms. The maximum absolute atomic E-state index is 11.2. The van der Waals surface area contributed by atoms with Crippen LogP contribution in [0, 0.1) is 0 Å². The minimum atomic E-state index is -0.443. The Morgan fingerprint density at radius 1 is 1.42 bits per heavy atom. The summed E-state index contributed by atoms with van der Waals surface area (Å²) in [5, 5.41) is 12.1. The molecule has 0 atom stereocenters. The number of hydrazine groups is 1. The highest BCUT2D eigenvalue weighted by Gasteiger charge is 2.25. The molecule has 1 saturated carbocycles. The molecule has 2 aromatic heterocycles. The number of carbonyl (C=O) groups is 1. The molecule has 3 rings (SSSR count). The van der Waals surface area contributed by atoms with E-state index in [1.807, 2.05) is 16.3 Å². The smallest absolute Gasteiger partial charge is 0.287 e. The van der Waals surface area contributed by atoms with Crippen molar-refractivity contribution in [2.45, 2.75) is 31.8 Å². The van der Waals surface area contributed by atoms with Gasteiger partial charge in [-0.15, -0.1) is 5.10 Å². The van der Waals surface area contributed by atoms with Crippen LogP contribution in [0.2, 0.25) is 0 Å². The van der Waals surface area contributed by atoms with Crippen molar-refractivity contribution in [3.8, 4) is 0 Å². The fraction of sp³-hybridized carbons (Fsp3) is 0.455. The van der Waals surface area contributed by atoms with Gasteiger partial charge in [-0.1, -0.05) is 5.21 Å². The molecule has 1 aliphatic rings. The third-order valence-corrected chi connectivity index (χ3v) is 3.12. The van der Waals surface area contributed by atoms with Crippen LogP contribution in [0.5, 0.6) is 0 Å². The van der Waals surface area contributed by atoms with E-state index in [0.29, 0.717) is 19.0 Å². The van der Waals surface area contributed by atoms with E-state index in [-0.39, 0.29) is 5.69 Å². The summed E-state index contributed by atoms with van der Waals surface area (Å²) in [4.78, 5) is 11.2. The topological polar surface area (TPSA) is 104 Å². The molecular formula is C11H15N7O. The lowest BCUT2D eigenvalue weighted by molar-refractivity contribution is 0.0948.